The summed E-state index contributed by atoms with van der Waals surface area (Å²) in [7, 11) is 1.65. The molecule has 1 fully saturated rings. The van der Waals surface area contributed by atoms with Crippen molar-refractivity contribution in [3.05, 3.63) is 24.3 Å². The molecule has 0 saturated carbocycles. The van der Waals surface area contributed by atoms with Crippen molar-refractivity contribution >= 4 is 0 Å². The van der Waals surface area contributed by atoms with Crippen LogP contribution in [0.15, 0.2) is 24.3 Å². The van der Waals surface area contributed by atoms with Gasteiger partial charge in [-0.25, -0.2) is 0 Å². The Labute approximate surface area is 126 Å². The summed E-state index contributed by atoms with van der Waals surface area (Å²) in [4.78, 5) is 0. The molecule has 0 spiro atoms. The van der Waals surface area contributed by atoms with Gasteiger partial charge >= 0.3 is 0 Å². The Morgan fingerprint density at radius 3 is 2.57 bits per heavy atom. The molecule has 0 aliphatic carbocycles. The van der Waals surface area contributed by atoms with E-state index >= 15 is 0 Å². The van der Waals surface area contributed by atoms with Gasteiger partial charge in [0.1, 0.15) is 18.1 Å². The molecule has 1 saturated heterocycles. The van der Waals surface area contributed by atoms with Crippen molar-refractivity contribution in [1.29, 1.82) is 0 Å². The van der Waals surface area contributed by atoms with Crippen LogP contribution in [0.4, 0.5) is 0 Å². The van der Waals surface area contributed by atoms with E-state index in [1.807, 2.05) is 24.3 Å². The highest BCUT2D eigenvalue weighted by Crippen LogP contribution is 2.17. The zero-order valence-corrected chi connectivity index (χ0v) is 13.1. The van der Waals surface area contributed by atoms with Crippen LogP contribution in [0.2, 0.25) is 0 Å². The molecule has 0 amide bonds. The lowest BCUT2D eigenvalue weighted by Gasteiger charge is -2.36. The maximum Gasteiger partial charge on any atom is 0.119 e. The van der Waals surface area contributed by atoms with Crippen molar-refractivity contribution in [2.24, 2.45) is 0 Å². The molecule has 1 atom stereocenters. The van der Waals surface area contributed by atoms with E-state index in [0.29, 0.717) is 19.8 Å². The van der Waals surface area contributed by atoms with Gasteiger partial charge in [-0.2, -0.15) is 0 Å². The third-order valence-electron chi connectivity index (χ3n) is 3.27. The van der Waals surface area contributed by atoms with Gasteiger partial charge in [0.2, 0.25) is 0 Å². The highest BCUT2D eigenvalue weighted by Gasteiger charge is 2.28. The molecule has 1 heterocycles. The van der Waals surface area contributed by atoms with E-state index in [4.69, 9.17) is 18.9 Å². The van der Waals surface area contributed by atoms with Gasteiger partial charge in [0.05, 0.1) is 32.0 Å². The summed E-state index contributed by atoms with van der Waals surface area (Å²) in [6.07, 6.45) is 0.106. The molecule has 5 heteroatoms. The van der Waals surface area contributed by atoms with Crippen LogP contribution in [0, 0.1) is 0 Å². The maximum atomic E-state index is 5.92. The molecular formula is C16H25NO4. The monoisotopic (exact) mass is 295 g/mol. The smallest absolute Gasteiger partial charge is 0.119 e. The average molecular weight is 295 g/mol. The lowest BCUT2D eigenvalue weighted by molar-refractivity contribution is -0.121. The third kappa shape index (κ3) is 5.53. The molecule has 1 N–H and O–H groups in total. The average Bonchev–Trinajstić information content (AvgIpc) is 2.46. The summed E-state index contributed by atoms with van der Waals surface area (Å²) in [5, 5.41) is 3.35. The number of hydrogen-bond acceptors (Lipinski definition) is 5. The molecule has 1 aliphatic heterocycles. The van der Waals surface area contributed by atoms with Crippen molar-refractivity contribution in [1.82, 2.24) is 5.32 Å². The fourth-order valence-electron chi connectivity index (χ4n) is 2.27. The van der Waals surface area contributed by atoms with Gasteiger partial charge in [-0.3, -0.25) is 0 Å². The van der Waals surface area contributed by atoms with E-state index in [-0.39, 0.29) is 11.7 Å². The molecule has 118 valence electrons. The second kappa shape index (κ2) is 7.64. The lowest BCUT2D eigenvalue weighted by atomic mass is 10.1. The number of methoxy groups -OCH3 is 1. The summed E-state index contributed by atoms with van der Waals surface area (Å²) in [5.74, 6) is 1.64. The predicted molar refractivity (Wildman–Crippen MR) is 81.1 cm³/mol. The Hall–Kier alpha value is -1.30. The Bertz CT molecular complexity index is 419. The number of ether oxygens (including phenoxy) is 4. The van der Waals surface area contributed by atoms with E-state index in [9.17, 15) is 0 Å². The molecule has 1 aromatic carbocycles. The minimum atomic E-state index is -0.119. The number of hydrogen-bond donors (Lipinski definition) is 1. The SMILES string of the molecule is COc1ccc(OCCOCC2CNCC(C)(C)O2)cc1. The molecule has 0 bridgehead atoms. The zero-order valence-electron chi connectivity index (χ0n) is 13.1. The van der Waals surface area contributed by atoms with E-state index in [2.05, 4.69) is 19.2 Å². The van der Waals surface area contributed by atoms with E-state index in [1.54, 1.807) is 7.11 Å². The molecule has 0 aromatic heterocycles. The topological polar surface area (TPSA) is 49.0 Å². The van der Waals surface area contributed by atoms with Crippen molar-refractivity contribution in [3.63, 3.8) is 0 Å². The first kappa shape index (κ1) is 16.1. The molecular weight excluding hydrogens is 270 g/mol. The Morgan fingerprint density at radius 1 is 1.19 bits per heavy atom. The molecule has 1 aliphatic rings. The van der Waals surface area contributed by atoms with Gasteiger partial charge in [-0.1, -0.05) is 0 Å². The van der Waals surface area contributed by atoms with Gasteiger partial charge in [-0.05, 0) is 38.1 Å². The fourth-order valence-corrected chi connectivity index (χ4v) is 2.27. The Balaban J connectivity index is 1.59. The second-order valence-electron chi connectivity index (χ2n) is 5.73. The molecule has 21 heavy (non-hydrogen) atoms. The van der Waals surface area contributed by atoms with Crippen LogP contribution in [0.1, 0.15) is 13.8 Å². The van der Waals surface area contributed by atoms with Gasteiger partial charge < -0.3 is 24.3 Å². The fraction of sp³-hybridized carbons (Fsp3) is 0.625. The molecule has 2 rings (SSSR count). The van der Waals surface area contributed by atoms with Crippen molar-refractivity contribution in [3.8, 4) is 11.5 Å². The maximum absolute atomic E-state index is 5.92. The Morgan fingerprint density at radius 2 is 1.90 bits per heavy atom. The lowest BCUT2D eigenvalue weighted by Crippen LogP contribution is -2.51. The zero-order chi connectivity index (χ0) is 15.1. The van der Waals surface area contributed by atoms with E-state index < -0.39 is 0 Å². The van der Waals surface area contributed by atoms with Gasteiger partial charge in [0, 0.05) is 13.1 Å². The van der Waals surface area contributed by atoms with Crippen LogP contribution in [0.3, 0.4) is 0 Å². The summed E-state index contributed by atoms with van der Waals surface area (Å²) in [5.41, 5.74) is -0.119. The molecule has 5 nitrogen and oxygen atoms in total. The minimum Gasteiger partial charge on any atom is -0.497 e. The molecule has 0 radical (unpaired) electrons. The van der Waals surface area contributed by atoms with E-state index in [0.717, 1.165) is 24.6 Å². The quantitative estimate of drug-likeness (QED) is 0.778. The van der Waals surface area contributed by atoms with Crippen LogP contribution in [-0.2, 0) is 9.47 Å². The first-order chi connectivity index (χ1) is 10.1. The highest BCUT2D eigenvalue weighted by molar-refractivity contribution is 5.31. The number of benzene rings is 1. The third-order valence-corrected chi connectivity index (χ3v) is 3.27. The van der Waals surface area contributed by atoms with Crippen molar-refractivity contribution in [2.75, 3.05) is 40.0 Å². The molecule has 1 aromatic rings. The highest BCUT2D eigenvalue weighted by atomic mass is 16.6. The summed E-state index contributed by atoms with van der Waals surface area (Å²) >= 11 is 0. The van der Waals surface area contributed by atoms with Crippen LogP contribution in [0.25, 0.3) is 0 Å². The minimum absolute atomic E-state index is 0.106. The molecule has 1 unspecified atom stereocenters. The summed E-state index contributed by atoms with van der Waals surface area (Å²) in [6, 6.07) is 7.52. The number of nitrogens with one attached hydrogen (secondary N) is 1. The summed E-state index contributed by atoms with van der Waals surface area (Å²) in [6.45, 7) is 7.54. The Kier molecular flexibility index (Phi) is 5.85. The largest absolute Gasteiger partial charge is 0.497 e. The van der Waals surface area contributed by atoms with Crippen LogP contribution >= 0.6 is 0 Å². The van der Waals surface area contributed by atoms with Crippen LogP contribution < -0.4 is 14.8 Å². The van der Waals surface area contributed by atoms with Crippen LogP contribution in [-0.4, -0.2) is 51.7 Å². The van der Waals surface area contributed by atoms with E-state index in [1.165, 1.54) is 0 Å². The van der Waals surface area contributed by atoms with Crippen molar-refractivity contribution < 1.29 is 18.9 Å². The first-order valence-corrected chi connectivity index (χ1v) is 7.32. The van der Waals surface area contributed by atoms with Gasteiger partial charge in [0.25, 0.3) is 0 Å². The second-order valence-corrected chi connectivity index (χ2v) is 5.73. The number of rotatable bonds is 7. The predicted octanol–water partition coefficient (Wildman–Crippen LogP) is 1.86. The normalized spacial score (nSPS) is 21.0. The van der Waals surface area contributed by atoms with Gasteiger partial charge in [-0.15, -0.1) is 0 Å². The van der Waals surface area contributed by atoms with Gasteiger partial charge in [0.15, 0.2) is 0 Å². The standard InChI is InChI=1S/C16H25NO4/c1-16(2)12-17-10-15(21-16)11-19-8-9-20-14-6-4-13(18-3)5-7-14/h4-7,15,17H,8-12H2,1-3H3. The number of morpholine rings is 1. The van der Waals surface area contributed by atoms with Crippen molar-refractivity contribution in [2.45, 2.75) is 25.6 Å². The summed E-state index contributed by atoms with van der Waals surface area (Å²) < 4.78 is 22.2. The first-order valence-electron chi connectivity index (χ1n) is 7.32. The van der Waals surface area contributed by atoms with Crippen LogP contribution in [0.5, 0.6) is 11.5 Å².